The van der Waals surface area contributed by atoms with E-state index >= 15 is 0 Å². The molecule has 2 unspecified atom stereocenters. The van der Waals surface area contributed by atoms with Gasteiger partial charge in [0.15, 0.2) is 0 Å². The van der Waals surface area contributed by atoms with Gasteiger partial charge in [-0.25, -0.2) is 14.4 Å². The molecule has 10 heteroatoms. The first-order chi connectivity index (χ1) is 15.6. The highest BCUT2D eigenvalue weighted by molar-refractivity contribution is 5.99. The van der Waals surface area contributed by atoms with Gasteiger partial charge in [0, 0.05) is 36.6 Å². The van der Waals surface area contributed by atoms with Crippen molar-refractivity contribution in [3.8, 4) is 11.9 Å². The standard InChI is InChI=1S/C23H27FN6O3/c1-14(31)4-6-26-18-9-20(30-7-5-16-8-15(10-25)11-28-21(16)30)27-12-17(18)22(32)29-13-19(24)23(2,3)33/h5,7-9,11-12,14,19,31,33H,4,6,13H2,1-3H3,(H,26,27)(H,29,32). The average Bonchev–Trinajstić information content (AvgIpc) is 3.19. The number of hydrogen-bond donors (Lipinski definition) is 4. The Morgan fingerprint density at radius 3 is 2.76 bits per heavy atom. The Labute approximate surface area is 190 Å². The smallest absolute Gasteiger partial charge is 0.255 e. The maximum absolute atomic E-state index is 14.1. The van der Waals surface area contributed by atoms with Crippen LogP contribution in [0.1, 0.15) is 43.1 Å². The van der Waals surface area contributed by atoms with Gasteiger partial charge in [-0.15, -0.1) is 0 Å². The predicted molar refractivity (Wildman–Crippen MR) is 122 cm³/mol. The molecule has 4 N–H and O–H groups in total. The number of halogens is 1. The molecular weight excluding hydrogens is 427 g/mol. The van der Waals surface area contributed by atoms with E-state index < -0.39 is 23.8 Å². The number of nitrogens with one attached hydrogen (secondary N) is 2. The van der Waals surface area contributed by atoms with Crippen LogP contribution in [0.25, 0.3) is 16.9 Å². The largest absolute Gasteiger partial charge is 0.393 e. The summed E-state index contributed by atoms with van der Waals surface area (Å²) in [7, 11) is 0. The van der Waals surface area contributed by atoms with Crippen LogP contribution in [0, 0.1) is 11.3 Å². The molecule has 3 aromatic heterocycles. The first-order valence-electron chi connectivity index (χ1n) is 10.5. The average molecular weight is 455 g/mol. The summed E-state index contributed by atoms with van der Waals surface area (Å²) in [6.07, 6.45) is 2.89. The van der Waals surface area contributed by atoms with Gasteiger partial charge >= 0.3 is 0 Å². The quantitative estimate of drug-likeness (QED) is 0.389. The second-order valence-electron chi connectivity index (χ2n) is 8.42. The summed E-state index contributed by atoms with van der Waals surface area (Å²) in [5, 5.41) is 34.8. The fraction of sp³-hybridized carbons (Fsp3) is 0.391. The molecule has 0 aliphatic rings. The van der Waals surface area contributed by atoms with E-state index in [0.29, 0.717) is 35.7 Å². The van der Waals surface area contributed by atoms with Gasteiger partial charge in [-0.3, -0.25) is 9.36 Å². The lowest BCUT2D eigenvalue weighted by Gasteiger charge is -2.22. The lowest BCUT2D eigenvalue weighted by atomic mass is 10.0. The summed E-state index contributed by atoms with van der Waals surface area (Å²) in [4.78, 5) is 21.5. The number of nitriles is 1. The van der Waals surface area contributed by atoms with Crippen LogP contribution in [0.15, 0.2) is 36.8 Å². The van der Waals surface area contributed by atoms with Crippen LogP contribution >= 0.6 is 0 Å². The SMILES string of the molecule is CC(O)CCNc1cc(-n2ccc3cc(C#N)cnc32)ncc1C(=O)NCC(F)C(C)(C)O. The van der Waals surface area contributed by atoms with E-state index in [1.165, 1.54) is 26.2 Å². The fourth-order valence-electron chi connectivity index (χ4n) is 3.12. The number of fused-ring (bicyclic) bond motifs is 1. The molecule has 2 atom stereocenters. The van der Waals surface area contributed by atoms with Gasteiger partial charge in [-0.05, 0) is 39.3 Å². The van der Waals surface area contributed by atoms with Crippen molar-refractivity contribution in [2.24, 2.45) is 0 Å². The Hall–Kier alpha value is -3.55. The second-order valence-corrected chi connectivity index (χ2v) is 8.42. The summed E-state index contributed by atoms with van der Waals surface area (Å²) in [6.45, 7) is 4.37. The molecule has 0 radical (unpaired) electrons. The van der Waals surface area contributed by atoms with Gasteiger partial charge in [0.1, 0.15) is 23.7 Å². The first-order valence-corrected chi connectivity index (χ1v) is 10.5. The number of anilines is 1. The van der Waals surface area contributed by atoms with Crippen LogP contribution < -0.4 is 10.6 Å². The molecule has 0 spiro atoms. The molecule has 9 nitrogen and oxygen atoms in total. The van der Waals surface area contributed by atoms with Crippen LogP contribution in [0.4, 0.5) is 10.1 Å². The van der Waals surface area contributed by atoms with Crippen LogP contribution in [-0.4, -0.2) is 61.6 Å². The highest BCUT2D eigenvalue weighted by atomic mass is 19.1. The molecule has 3 rings (SSSR count). The van der Waals surface area contributed by atoms with Gasteiger partial charge in [0.25, 0.3) is 5.91 Å². The van der Waals surface area contributed by atoms with Gasteiger partial charge in [0.05, 0.1) is 35.1 Å². The Bertz CT molecular complexity index is 1180. The van der Waals surface area contributed by atoms with Crippen molar-refractivity contribution in [2.75, 3.05) is 18.4 Å². The number of carbonyl (C=O) groups is 1. The van der Waals surface area contributed by atoms with E-state index in [4.69, 9.17) is 5.26 Å². The maximum Gasteiger partial charge on any atom is 0.255 e. The Morgan fingerprint density at radius 2 is 2.09 bits per heavy atom. The molecule has 3 heterocycles. The third-order valence-electron chi connectivity index (χ3n) is 5.12. The Kier molecular flexibility index (Phi) is 7.26. The molecule has 0 aliphatic carbocycles. The lowest BCUT2D eigenvalue weighted by molar-refractivity contribution is -0.00177. The van der Waals surface area contributed by atoms with Gasteiger partial charge < -0.3 is 20.8 Å². The van der Waals surface area contributed by atoms with Crippen molar-refractivity contribution in [2.45, 2.75) is 45.1 Å². The molecule has 174 valence electrons. The van der Waals surface area contributed by atoms with E-state index in [9.17, 15) is 19.4 Å². The summed E-state index contributed by atoms with van der Waals surface area (Å²) in [5.41, 5.74) is 0.106. The van der Waals surface area contributed by atoms with Crippen molar-refractivity contribution < 1.29 is 19.4 Å². The van der Waals surface area contributed by atoms with Crippen molar-refractivity contribution in [1.29, 1.82) is 5.26 Å². The number of aromatic nitrogens is 3. The highest BCUT2D eigenvalue weighted by Gasteiger charge is 2.27. The van der Waals surface area contributed by atoms with E-state index in [2.05, 4.69) is 26.7 Å². The summed E-state index contributed by atoms with van der Waals surface area (Å²) < 4.78 is 15.8. The topological polar surface area (TPSA) is 136 Å². The zero-order chi connectivity index (χ0) is 24.2. The zero-order valence-corrected chi connectivity index (χ0v) is 18.7. The van der Waals surface area contributed by atoms with Gasteiger partial charge in [-0.1, -0.05) is 0 Å². The summed E-state index contributed by atoms with van der Waals surface area (Å²) >= 11 is 0. The first kappa shape index (κ1) is 24.1. The minimum Gasteiger partial charge on any atom is -0.393 e. The minimum atomic E-state index is -1.64. The molecule has 0 bridgehead atoms. The van der Waals surface area contributed by atoms with Crippen molar-refractivity contribution >= 4 is 22.6 Å². The number of pyridine rings is 2. The second kappa shape index (κ2) is 9.94. The number of rotatable bonds is 9. The van der Waals surface area contributed by atoms with E-state index in [1.54, 1.807) is 29.8 Å². The molecule has 33 heavy (non-hydrogen) atoms. The molecular formula is C23H27FN6O3. The maximum atomic E-state index is 14.1. The van der Waals surface area contributed by atoms with E-state index in [0.717, 1.165) is 5.39 Å². The summed E-state index contributed by atoms with van der Waals surface area (Å²) in [6, 6.07) is 7.25. The zero-order valence-electron chi connectivity index (χ0n) is 18.7. The van der Waals surface area contributed by atoms with Gasteiger partial charge in [0.2, 0.25) is 0 Å². The Morgan fingerprint density at radius 1 is 1.33 bits per heavy atom. The predicted octanol–water partition coefficient (Wildman–Crippen LogP) is 2.31. The summed E-state index contributed by atoms with van der Waals surface area (Å²) in [5.74, 6) is -0.0622. The molecule has 0 saturated heterocycles. The minimum absolute atomic E-state index is 0.198. The van der Waals surface area contributed by atoms with Crippen molar-refractivity contribution in [1.82, 2.24) is 19.9 Å². The third-order valence-corrected chi connectivity index (χ3v) is 5.12. The van der Waals surface area contributed by atoms with Crippen LogP contribution in [0.5, 0.6) is 0 Å². The molecule has 0 saturated carbocycles. The molecule has 0 fully saturated rings. The fourth-order valence-corrected chi connectivity index (χ4v) is 3.12. The number of carbonyl (C=O) groups excluding carboxylic acids is 1. The molecule has 1 amide bonds. The normalized spacial score (nSPS) is 13.4. The highest BCUT2D eigenvalue weighted by Crippen LogP contribution is 2.23. The monoisotopic (exact) mass is 454 g/mol. The molecule has 0 aromatic carbocycles. The van der Waals surface area contributed by atoms with Crippen LogP contribution in [-0.2, 0) is 0 Å². The van der Waals surface area contributed by atoms with E-state index in [-0.39, 0.29) is 12.1 Å². The van der Waals surface area contributed by atoms with Crippen molar-refractivity contribution in [3.05, 3.63) is 47.9 Å². The number of aliphatic hydroxyl groups excluding tert-OH is 1. The number of amides is 1. The van der Waals surface area contributed by atoms with Gasteiger partial charge in [-0.2, -0.15) is 5.26 Å². The molecule has 3 aromatic rings. The molecule has 0 aliphatic heterocycles. The van der Waals surface area contributed by atoms with Crippen LogP contribution in [0.3, 0.4) is 0 Å². The lowest BCUT2D eigenvalue weighted by Crippen LogP contribution is -2.42. The number of aliphatic hydroxyl groups is 2. The third kappa shape index (κ3) is 5.83. The number of nitrogens with zero attached hydrogens (tertiary/aromatic N) is 4. The number of hydrogen-bond acceptors (Lipinski definition) is 7. The Balaban J connectivity index is 1.91. The van der Waals surface area contributed by atoms with Crippen LogP contribution in [0.2, 0.25) is 0 Å². The number of alkyl halides is 1. The van der Waals surface area contributed by atoms with Crippen molar-refractivity contribution in [3.63, 3.8) is 0 Å². The van der Waals surface area contributed by atoms with E-state index in [1.807, 2.05) is 6.07 Å².